The normalized spacial score (nSPS) is 16.1. The van der Waals surface area contributed by atoms with Crippen LogP contribution < -0.4 is 5.32 Å². The summed E-state index contributed by atoms with van der Waals surface area (Å²) < 4.78 is 1.04. The molecule has 1 aromatic carbocycles. The van der Waals surface area contributed by atoms with Gasteiger partial charge in [0.15, 0.2) is 0 Å². The summed E-state index contributed by atoms with van der Waals surface area (Å²) in [5, 5.41) is 3.65. The lowest BCUT2D eigenvalue weighted by molar-refractivity contribution is 0.572. The van der Waals surface area contributed by atoms with Crippen LogP contribution in [0.5, 0.6) is 0 Å². The average Bonchev–Trinajstić information content (AvgIpc) is 3.31. The van der Waals surface area contributed by atoms with Crippen molar-refractivity contribution in [3.8, 4) is 0 Å². The topological polar surface area (TPSA) is 24.9 Å². The van der Waals surface area contributed by atoms with Gasteiger partial charge in [-0.15, -0.1) is 0 Å². The molecule has 1 fully saturated rings. The van der Waals surface area contributed by atoms with Crippen molar-refractivity contribution in [2.75, 3.05) is 6.54 Å². The van der Waals surface area contributed by atoms with Gasteiger partial charge in [-0.3, -0.25) is 4.98 Å². The number of hydrogen-bond acceptors (Lipinski definition) is 2. The summed E-state index contributed by atoms with van der Waals surface area (Å²) in [5.74, 6) is 0.491. The molecule has 3 heteroatoms. The van der Waals surface area contributed by atoms with Crippen LogP contribution in [0.25, 0.3) is 0 Å². The van der Waals surface area contributed by atoms with E-state index in [0.717, 1.165) is 29.2 Å². The van der Waals surface area contributed by atoms with Crippen LogP contribution in [0.4, 0.5) is 0 Å². The van der Waals surface area contributed by atoms with Gasteiger partial charge in [-0.1, -0.05) is 30.3 Å². The third kappa shape index (κ3) is 3.90. The van der Waals surface area contributed by atoms with Crippen LogP contribution in [0.3, 0.4) is 0 Å². The fraction of sp³-hybridized carbons (Fsp3) is 0.353. The number of hydrogen-bond donors (Lipinski definition) is 1. The minimum absolute atomic E-state index is 0.491. The molecule has 1 aromatic heterocycles. The highest BCUT2D eigenvalue weighted by Gasteiger charge is 2.22. The molecule has 1 atom stereocenters. The first-order valence-corrected chi connectivity index (χ1v) is 7.99. The Morgan fingerprint density at radius 2 is 1.95 bits per heavy atom. The fourth-order valence-electron chi connectivity index (χ4n) is 2.41. The Morgan fingerprint density at radius 3 is 2.60 bits per heavy atom. The number of pyridine rings is 1. The van der Waals surface area contributed by atoms with E-state index in [1.165, 1.54) is 18.4 Å². The SMILES string of the molecule is Brc1ccc(CC(CNC2CC2)c2ccccc2)nc1. The molecule has 1 aliphatic carbocycles. The van der Waals surface area contributed by atoms with Crippen molar-refractivity contribution in [3.05, 3.63) is 64.4 Å². The molecule has 1 aliphatic rings. The lowest BCUT2D eigenvalue weighted by atomic mass is 9.94. The Bertz CT molecular complexity index is 535. The average molecular weight is 331 g/mol. The van der Waals surface area contributed by atoms with E-state index in [2.05, 4.69) is 68.7 Å². The molecule has 0 bridgehead atoms. The van der Waals surface area contributed by atoms with Gasteiger partial charge in [0.1, 0.15) is 0 Å². The monoisotopic (exact) mass is 330 g/mol. The zero-order valence-electron chi connectivity index (χ0n) is 11.4. The first-order chi connectivity index (χ1) is 9.81. The first kappa shape index (κ1) is 13.8. The van der Waals surface area contributed by atoms with E-state index in [9.17, 15) is 0 Å². The predicted molar refractivity (Wildman–Crippen MR) is 85.8 cm³/mol. The van der Waals surface area contributed by atoms with Crippen LogP contribution in [0.15, 0.2) is 53.1 Å². The van der Waals surface area contributed by atoms with Gasteiger partial charge in [0.05, 0.1) is 0 Å². The summed E-state index contributed by atoms with van der Waals surface area (Å²) in [5.41, 5.74) is 2.55. The third-order valence-electron chi connectivity index (χ3n) is 3.75. The van der Waals surface area contributed by atoms with Gasteiger partial charge in [0, 0.05) is 34.9 Å². The van der Waals surface area contributed by atoms with E-state index in [1.54, 1.807) is 0 Å². The van der Waals surface area contributed by atoms with Crippen LogP contribution in [0.2, 0.25) is 0 Å². The van der Waals surface area contributed by atoms with Crippen molar-refractivity contribution < 1.29 is 0 Å². The molecule has 104 valence electrons. The van der Waals surface area contributed by atoms with Crippen LogP contribution in [-0.2, 0) is 6.42 Å². The van der Waals surface area contributed by atoms with E-state index < -0.39 is 0 Å². The number of benzene rings is 1. The third-order valence-corrected chi connectivity index (χ3v) is 4.21. The molecule has 20 heavy (non-hydrogen) atoms. The summed E-state index contributed by atoms with van der Waals surface area (Å²) in [6.07, 6.45) is 5.53. The van der Waals surface area contributed by atoms with E-state index in [4.69, 9.17) is 0 Å². The van der Waals surface area contributed by atoms with E-state index in [0.29, 0.717) is 5.92 Å². The molecular weight excluding hydrogens is 312 g/mol. The molecule has 2 nitrogen and oxygen atoms in total. The molecule has 0 radical (unpaired) electrons. The Balaban J connectivity index is 1.72. The number of halogens is 1. The Hall–Kier alpha value is -1.19. The van der Waals surface area contributed by atoms with Crippen molar-refractivity contribution in [1.82, 2.24) is 10.3 Å². The minimum atomic E-state index is 0.491. The summed E-state index contributed by atoms with van der Waals surface area (Å²) in [4.78, 5) is 4.51. The second-order valence-corrected chi connectivity index (χ2v) is 6.38. The highest BCUT2D eigenvalue weighted by molar-refractivity contribution is 9.10. The molecule has 0 aliphatic heterocycles. The maximum Gasteiger partial charge on any atom is 0.0413 e. The number of nitrogens with one attached hydrogen (secondary N) is 1. The van der Waals surface area contributed by atoms with E-state index in [-0.39, 0.29) is 0 Å². The van der Waals surface area contributed by atoms with Gasteiger partial charge >= 0.3 is 0 Å². The lowest BCUT2D eigenvalue weighted by Crippen LogP contribution is -2.25. The standard InChI is InChI=1S/C17H19BrN2/c18-15-6-7-17(20-12-15)10-14(11-19-16-8-9-16)13-4-2-1-3-5-13/h1-7,12,14,16,19H,8-11H2. The molecule has 1 heterocycles. The van der Waals surface area contributed by atoms with Crippen molar-refractivity contribution in [2.45, 2.75) is 31.2 Å². The van der Waals surface area contributed by atoms with Gasteiger partial charge in [-0.2, -0.15) is 0 Å². The molecule has 0 spiro atoms. The number of rotatable bonds is 6. The van der Waals surface area contributed by atoms with Crippen molar-refractivity contribution in [2.24, 2.45) is 0 Å². The van der Waals surface area contributed by atoms with Crippen LogP contribution in [-0.4, -0.2) is 17.6 Å². The summed E-state index contributed by atoms with van der Waals surface area (Å²) in [6.45, 7) is 1.03. The molecule has 1 N–H and O–H groups in total. The smallest absolute Gasteiger partial charge is 0.0413 e. The van der Waals surface area contributed by atoms with Crippen molar-refractivity contribution in [1.29, 1.82) is 0 Å². The molecule has 0 amide bonds. The maximum atomic E-state index is 4.51. The molecule has 1 unspecified atom stereocenters. The highest BCUT2D eigenvalue weighted by Crippen LogP contribution is 2.23. The van der Waals surface area contributed by atoms with E-state index in [1.807, 2.05) is 6.20 Å². The van der Waals surface area contributed by atoms with Gasteiger partial charge in [0.25, 0.3) is 0 Å². The Kier molecular flexibility index (Phi) is 4.48. The highest BCUT2D eigenvalue weighted by atomic mass is 79.9. The summed E-state index contributed by atoms with van der Waals surface area (Å²) >= 11 is 3.44. The van der Waals surface area contributed by atoms with E-state index >= 15 is 0 Å². The number of aromatic nitrogens is 1. The molecular formula is C17H19BrN2. The first-order valence-electron chi connectivity index (χ1n) is 7.20. The second kappa shape index (κ2) is 6.51. The largest absolute Gasteiger partial charge is 0.313 e. The van der Waals surface area contributed by atoms with Gasteiger partial charge in [0.2, 0.25) is 0 Å². The Morgan fingerprint density at radius 1 is 1.15 bits per heavy atom. The summed E-state index contributed by atoms with van der Waals surface area (Å²) in [7, 11) is 0. The minimum Gasteiger partial charge on any atom is -0.313 e. The fourth-order valence-corrected chi connectivity index (χ4v) is 2.64. The van der Waals surface area contributed by atoms with Crippen molar-refractivity contribution in [3.63, 3.8) is 0 Å². The van der Waals surface area contributed by atoms with Gasteiger partial charge in [-0.25, -0.2) is 0 Å². The molecule has 1 saturated carbocycles. The van der Waals surface area contributed by atoms with Gasteiger partial charge in [-0.05, 0) is 52.9 Å². The zero-order chi connectivity index (χ0) is 13.8. The van der Waals surface area contributed by atoms with Crippen LogP contribution >= 0.6 is 15.9 Å². The van der Waals surface area contributed by atoms with Crippen LogP contribution in [0, 0.1) is 0 Å². The molecule has 3 rings (SSSR count). The molecule has 2 aromatic rings. The maximum absolute atomic E-state index is 4.51. The van der Waals surface area contributed by atoms with Crippen molar-refractivity contribution >= 4 is 15.9 Å². The zero-order valence-corrected chi connectivity index (χ0v) is 13.0. The summed E-state index contributed by atoms with van der Waals surface area (Å²) in [6, 6.07) is 15.7. The lowest BCUT2D eigenvalue weighted by Gasteiger charge is -2.18. The molecule has 0 saturated heterocycles. The Labute approximate surface area is 128 Å². The quantitative estimate of drug-likeness (QED) is 0.868. The van der Waals surface area contributed by atoms with Crippen LogP contribution in [0.1, 0.15) is 30.0 Å². The van der Waals surface area contributed by atoms with Gasteiger partial charge < -0.3 is 5.32 Å². The number of nitrogens with zero attached hydrogens (tertiary/aromatic N) is 1. The predicted octanol–water partition coefficient (Wildman–Crippen LogP) is 3.92. The second-order valence-electron chi connectivity index (χ2n) is 5.46.